The summed E-state index contributed by atoms with van der Waals surface area (Å²) in [4.78, 5) is 20.7. The molecule has 33 heavy (non-hydrogen) atoms. The van der Waals surface area contributed by atoms with E-state index in [0.29, 0.717) is 18.1 Å². The molecule has 1 amide bonds. The number of carbonyl (C=O) groups is 1. The zero-order chi connectivity index (χ0) is 22.8. The number of anilines is 1. The van der Waals surface area contributed by atoms with Crippen LogP contribution in [-0.4, -0.2) is 27.4 Å². The average molecular weight is 538 g/mol. The predicted octanol–water partition coefficient (Wildman–Crippen LogP) is 6.06. The fraction of sp³-hybridized carbons (Fsp3) is 0.160. The number of halogens is 1. The fourth-order valence-corrected chi connectivity index (χ4v) is 6.12. The van der Waals surface area contributed by atoms with E-state index in [1.54, 1.807) is 17.5 Å². The number of hydrogen-bond acceptors (Lipinski definition) is 4. The van der Waals surface area contributed by atoms with Gasteiger partial charge in [-0.05, 0) is 63.9 Å². The first-order chi connectivity index (χ1) is 16.1. The van der Waals surface area contributed by atoms with E-state index in [4.69, 9.17) is 12.2 Å². The Labute approximate surface area is 210 Å². The molecule has 1 aliphatic heterocycles. The highest BCUT2D eigenvalue weighted by Gasteiger charge is 2.40. The molecule has 3 heterocycles. The Balaban J connectivity index is 1.35. The molecule has 0 radical (unpaired) electrons. The molecule has 0 unspecified atom stereocenters. The van der Waals surface area contributed by atoms with E-state index < -0.39 is 0 Å². The Morgan fingerprint density at radius 1 is 1.09 bits per heavy atom. The van der Waals surface area contributed by atoms with Gasteiger partial charge in [0.2, 0.25) is 5.91 Å². The van der Waals surface area contributed by atoms with Crippen molar-refractivity contribution in [3.8, 4) is 0 Å². The first kappa shape index (κ1) is 22.0. The van der Waals surface area contributed by atoms with Crippen LogP contribution in [0, 0.1) is 0 Å². The van der Waals surface area contributed by atoms with Gasteiger partial charge in [0.15, 0.2) is 5.11 Å². The summed E-state index contributed by atoms with van der Waals surface area (Å²) in [5.74, 6) is -0.0402. The molecule has 8 heteroatoms. The number of thiocarbonyl (C=S) groups is 1. The Morgan fingerprint density at radius 2 is 1.91 bits per heavy atom. The van der Waals surface area contributed by atoms with Crippen molar-refractivity contribution >= 4 is 67.0 Å². The van der Waals surface area contributed by atoms with Gasteiger partial charge in [-0.1, -0.05) is 42.5 Å². The molecule has 2 atom stereocenters. The van der Waals surface area contributed by atoms with Crippen molar-refractivity contribution in [3.63, 3.8) is 0 Å². The van der Waals surface area contributed by atoms with Crippen LogP contribution >= 0.6 is 39.5 Å². The summed E-state index contributed by atoms with van der Waals surface area (Å²) in [6.45, 7) is 0.506. The number of amides is 1. The maximum atomic E-state index is 12.9. The van der Waals surface area contributed by atoms with E-state index in [2.05, 4.69) is 42.5 Å². The van der Waals surface area contributed by atoms with Crippen LogP contribution in [0.3, 0.4) is 0 Å². The number of carbonyl (C=O) groups excluding carboxylic acids is 1. The van der Waals surface area contributed by atoms with Crippen molar-refractivity contribution in [2.24, 2.45) is 0 Å². The third-order valence-corrected chi connectivity index (χ3v) is 7.77. The lowest BCUT2D eigenvalue weighted by molar-refractivity contribution is -0.116. The number of benzene rings is 2. The maximum absolute atomic E-state index is 12.9. The van der Waals surface area contributed by atoms with E-state index in [1.807, 2.05) is 66.7 Å². The lowest BCUT2D eigenvalue weighted by Crippen LogP contribution is -2.32. The number of aromatic nitrogens is 1. The zero-order valence-electron chi connectivity index (χ0n) is 17.6. The summed E-state index contributed by atoms with van der Waals surface area (Å²) in [7, 11) is 0. The summed E-state index contributed by atoms with van der Waals surface area (Å²) in [6, 6.07) is 23.9. The second kappa shape index (κ2) is 9.59. The van der Waals surface area contributed by atoms with Crippen molar-refractivity contribution in [1.29, 1.82) is 0 Å². The predicted molar refractivity (Wildman–Crippen MR) is 141 cm³/mol. The lowest BCUT2D eigenvalue weighted by atomic mass is 10.0. The minimum Gasteiger partial charge on any atom is -0.352 e. The molecule has 5 rings (SSSR count). The Morgan fingerprint density at radius 3 is 2.70 bits per heavy atom. The molecule has 0 aliphatic carbocycles. The number of hydrogen-bond donors (Lipinski definition) is 2. The van der Waals surface area contributed by atoms with E-state index >= 15 is 0 Å². The molecule has 1 saturated heterocycles. The van der Waals surface area contributed by atoms with Gasteiger partial charge in [-0.3, -0.25) is 9.78 Å². The van der Waals surface area contributed by atoms with Crippen LogP contribution in [0.5, 0.6) is 0 Å². The normalized spacial score (nSPS) is 17.8. The molecule has 0 bridgehead atoms. The molecule has 0 spiro atoms. The minimum absolute atomic E-state index is 0.0333. The van der Waals surface area contributed by atoms with Gasteiger partial charge >= 0.3 is 0 Å². The second-order valence-corrected chi connectivity index (χ2v) is 10.7. The summed E-state index contributed by atoms with van der Waals surface area (Å²) in [5, 5.41) is 9.28. The molecule has 1 fully saturated rings. The summed E-state index contributed by atoms with van der Waals surface area (Å²) >= 11 is 10.9. The number of thiophene rings is 1. The smallest absolute Gasteiger partial charge is 0.226 e. The monoisotopic (exact) mass is 536 g/mol. The number of pyridine rings is 1. The second-order valence-electron chi connectivity index (χ2n) is 7.79. The van der Waals surface area contributed by atoms with Crippen LogP contribution in [0.1, 0.15) is 29.1 Å². The standard InChI is InChI=1S/C25H21BrN4OS2/c26-21-12-11-20(33-21)24-23(19-9-3-4-14-27-19)29-25(32)30(24)15-13-22(31)28-18-10-5-7-16-6-1-2-8-17(16)18/h1-12,14,23-24H,13,15H2,(H,28,31)(H,29,32)/t23-,24-/m0/s1. The van der Waals surface area contributed by atoms with Gasteiger partial charge in [0, 0.05) is 35.1 Å². The molecule has 0 saturated carbocycles. The van der Waals surface area contributed by atoms with Crippen molar-refractivity contribution in [3.05, 3.63) is 93.4 Å². The SMILES string of the molecule is O=C(CCN1C(=S)N[C@@H](c2ccccn2)[C@@H]1c1ccc(Br)s1)Nc1cccc2ccccc12. The van der Waals surface area contributed by atoms with Gasteiger partial charge in [-0.2, -0.15) is 0 Å². The maximum Gasteiger partial charge on any atom is 0.226 e. The van der Waals surface area contributed by atoms with Crippen molar-refractivity contribution in [1.82, 2.24) is 15.2 Å². The third-order valence-electron chi connectivity index (χ3n) is 5.73. The first-order valence-corrected chi connectivity index (χ1v) is 12.6. The molecule has 1 aliphatic rings. The Hall–Kier alpha value is -2.81. The van der Waals surface area contributed by atoms with Gasteiger partial charge in [-0.15, -0.1) is 11.3 Å². The van der Waals surface area contributed by atoms with Crippen LogP contribution in [0.25, 0.3) is 10.8 Å². The van der Waals surface area contributed by atoms with Crippen LogP contribution in [-0.2, 0) is 4.79 Å². The number of fused-ring (bicyclic) bond motifs is 1. The topological polar surface area (TPSA) is 57.3 Å². The first-order valence-electron chi connectivity index (χ1n) is 10.6. The number of rotatable bonds is 6. The number of nitrogens with zero attached hydrogens (tertiary/aromatic N) is 2. The molecule has 2 N–H and O–H groups in total. The van der Waals surface area contributed by atoms with Gasteiger partial charge in [0.05, 0.1) is 21.6 Å². The molecule has 4 aromatic rings. The van der Waals surface area contributed by atoms with Crippen molar-refractivity contribution in [2.75, 3.05) is 11.9 Å². The quantitative estimate of drug-likeness (QED) is 0.293. The Bertz CT molecular complexity index is 1300. The number of nitrogens with one attached hydrogen (secondary N) is 2. The average Bonchev–Trinajstić information content (AvgIpc) is 3.41. The van der Waals surface area contributed by atoms with Gasteiger partial charge in [0.25, 0.3) is 0 Å². The molecule has 5 nitrogen and oxygen atoms in total. The van der Waals surface area contributed by atoms with Crippen LogP contribution < -0.4 is 10.6 Å². The van der Waals surface area contributed by atoms with Crippen LogP contribution in [0.4, 0.5) is 5.69 Å². The van der Waals surface area contributed by atoms with Crippen LogP contribution in [0.2, 0.25) is 0 Å². The molecular formula is C25H21BrN4OS2. The third kappa shape index (κ3) is 4.64. The molecule has 2 aromatic heterocycles. The van der Waals surface area contributed by atoms with Gasteiger partial charge < -0.3 is 15.5 Å². The van der Waals surface area contributed by atoms with E-state index in [9.17, 15) is 4.79 Å². The zero-order valence-corrected chi connectivity index (χ0v) is 20.8. The van der Waals surface area contributed by atoms with Crippen LogP contribution in [0.15, 0.2) is 82.8 Å². The molecule has 166 valence electrons. The lowest BCUT2D eigenvalue weighted by Gasteiger charge is -2.26. The summed E-state index contributed by atoms with van der Waals surface area (Å²) in [5.41, 5.74) is 1.75. The summed E-state index contributed by atoms with van der Waals surface area (Å²) < 4.78 is 1.06. The fourth-order valence-electron chi connectivity index (χ4n) is 4.21. The highest BCUT2D eigenvalue weighted by molar-refractivity contribution is 9.11. The van der Waals surface area contributed by atoms with E-state index in [-0.39, 0.29) is 18.0 Å². The van der Waals surface area contributed by atoms with Gasteiger partial charge in [-0.25, -0.2) is 0 Å². The Kier molecular flexibility index (Phi) is 6.39. The van der Waals surface area contributed by atoms with Crippen molar-refractivity contribution < 1.29 is 4.79 Å². The van der Waals surface area contributed by atoms with Crippen molar-refractivity contribution in [2.45, 2.75) is 18.5 Å². The molecular weight excluding hydrogens is 516 g/mol. The highest BCUT2D eigenvalue weighted by atomic mass is 79.9. The van der Waals surface area contributed by atoms with Gasteiger partial charge in [0.1, 0.15) is 0 Å². The highest BCUT2D eigenvalue weighted by Crippen LogP contribution is 2.42. The van der Waals surface area contributed by atoms with E-state index in [1.165, 1.54) is 4.88 Å². The summed E-state index contributed by atoms with van der Waals surface area (Å²) in [6.07, 6.45) is 2.12. The largest absolute Gasteiger partial charge is 0.352 e. The molecule has 2 aromatic carbocycles. The minimum atomic E-state index is -0.0784. The van der Waals surface area contributed by atoms with E-state index in [0.717, 1.165) is 25.9 Å².